The molecule has 2 fully saturated rings. The summed E-state index contributed by atoms with van der Waals surface area (Å²) in [6.45, 7) is 4.40. The SMILES string of the molecule is CCCCCC(=O)OC1(CCC)CCC(C2CCCCC2)CC1. The van der Waals surface area contributed by atoms with Crippen LogP contribution in [0, 0.1) is 11.8 Å². The molecule has 2 aliphatic carbocycles. The Balaban J connectivity index is 1.83. The third-order valence-corrected chi connectivity index (χ3v) is 6.28. The average molecular weight is 323 g/mol. The van der Waals surface area contributed by atoms with Crippen LogP contribution in [0.4, 0.5) is 0 Å². The van der Waals surface area contributed by atoms with Gasteiger partial charge in [0.1, 0.15) is 5.60 Å². The fourth-order valence-corrected chi connectivity index (χ4v) is 4.91. The van der Waals surface area contributed by atoms with Crippen LogP contribution in [0.3, 0.4) is 0 Å². The molecule has 2 heteroatoms. The first-order chi connectivity index (χ1) is 11.2. The van der Waals surface area contributed by atoms with Gasteiger partial charge in [0.2, 0.25) is 0 Å². The molecule has 0 N–H and O–H groups in total. The number of hydrogen-bond acceptors (Lipinski definition) is 2. The number of rotatable bonds is 8. The number of hydrogen-bond donors (Lipinski definition) is 0. The van der Waals surface area contributed by atoms with Crippen LogP contribution in [0.15, 0.2) is 0 Å². The molecule has 0 aromatic rings. The van der Waals surface area contributed by atoms with Gasteiger partial charge in [-0.2, -0.15) is 0 Å². The second kappa shape index (κ2) is 9.69. The molecule has 23 heavy (non-hydrogen) atoms. The monoisotopic (exact) mass is 322 g/mol. The third-order valence-electron chi connectivity index (χ3n) is 6.28. The normalized spacial score (nSPS) is 29.4. The molecule has 0 spiro atoms. The van der Waals surface area contributed by atoms with E-state index in [1.807, 2.05) is 0 Å². The number of carbonyl (C=O) groups is 1. The first kappa shape index (κ1) is 18.8. The summed E-state index contributed by atoms with van der Waals surface area (Å²) in [6.07, 6.45) is 18.1. The predicted octanol–water partition coefficient (Wildman–Crippen LogP) is 6.42. The van der Waals surface area contributed by atoms with Gasteiger partial charge in [-0.25, -0.2) is 0 Å². The van der Waals surface area contributed by atoms with Crippen LogP contribution < -0.4 is 0 Å². The van der Waals surface area contributed by atoms with E-state index in [-0.39, 0.29) is 11.6 Å². The number of carbonyl (C=O) groups excluding carboxylic acids is 1. The van der Waals surface area contributed by atoms with E-state index in [1.54, 1.807) is 0 Å². The lowest BCUT2D eigenvalue weighted by Gasteiger charge is -2.42. The van der Waals surface area contributed by atoms with Gasteiger partial charge in [0.05, 0.1) is 0 Å². The summed E-state index contributed by atoms with van der Waals surface area (Å²) >= 11 is 0. The number of esters is 1. The molecule has 2 nitrogen and oxygen atoms in total. The highest BCUT2D eigenvalue weighted by Gasteiger charge is 2.39. The van der Waals surface area contributed by atoms with E-state index >= 15 is 0 Å². The Kier molecular flexibility index (Phi) is 7.92. The maximum atomic E-state index is 12.2. The van der Waals surface area contributed by atoms with E-state index in [1.165, 1.54) is 44.9 Å². The van der Waals surface area contributed by atoms with Gasteiger partial charge in [0, 0.05) is 6.42 Å². The van der Waals surface area contributed by atoms with Crippen LogP contribution in [-0.4, -0.2) is 11.6 Å². The van der Waals surface area contributed by atoms with Crippen molar-refractivity contribution in [2.45, 2.75) is 116 Å². The lowest BCUT2D eigenvalue weighted by Crippen LogP contribution is -2.40. The quantitative estimate of drug-likeness (QED) is 0.381. The molecular weight excluding hydrogens is 284 g/mol. The van der Waals surface area contributed by atoms with Gasteiger partial charge < -0.3 is 4.74 Å². The molecule has 0 radical (unpaired) electrons. The second-order valence-electron chi connectivity index (χ2n) is 8.10. The van der Waals surface area contributed by atoms with Gasteiger partial charge in [0.25, 0.3) is 0 Å². The third kappa shape index (κ3) is 5.80. The molecule has 2 aliphatic rings. The van der Waals surface area contributed by atoms with E-state index in [4.69, 9.17) is 4.74 Å². The molecule has 0 bridgehead atoms. The maximum Gasteiger partial charge on any atom is 0.306 e. The minimum atomic E-state index is -0.122. The zero-order valence-corrected chi connectivity index (χ0v) is 15.6. The summed E-state index contributed by atoms with van der Waals surface area (Å²) in [4.78, 5) is 12.2. The highest BCUT2D eigenvalue weighted by atomic mass is 16.6. The van der Waals surface area contributed by atoms with Crippen LogP contribution in [0.25, 0.3) is 0 Å². The summed E-state index contributed by atoms with van der Waals surface area (Å²) in [5.41, 5.74) is -0.122. The van der Waals surface area contributed by atoms with Crippen molar-refractivity contribution in [3.05, 3.63) is 0 Å². The van der Waals surface area contributed by atoms with E-state index in [9.17, 15) is 4.79 Å². The Bertz CT molecular complexity index is 336. The van der Waals surface area contributed by atoms with E-state index in [0.717, 1.165) is 56.8 Å². The molecule has 2 saturated carbocycles. The van der Waals surface area contributed by atoms with Crippen molar-refractivity contribution >= 4 is 5.97 Å². The molecule has 0 heterocycles. The van der Waals surface area contributed by atoms with Crippen molar-refractivity contribution in [3.8, 4) is 0 Å². The summed E-state index contributed by atoms with van der Waals surface area (Å²) in [5.74, 6) is 1.92. The largest absolute Gasteiger partial charge is 0.459 e. The molecule has 0 atom stereocenters. The number of unbranched alkanes of at least 4 members (excludes halogenated alkanes) is 2. The molecule has 134 valence electrons. The summed E-state index contributed by atoms with van der Waals surface area (Å²) in [5, 5.41) is 0. The molecular formula is C21H38O2. The predicted molar refractivity (Wildman–Crippen MR) is 96.4 cm³/mol. The topological polar surface area (TPSA) is 26.3 Å². The van der Waals surface area contributed by atoms with Crippen molar-refractivity contribution in [2.75, 3.05) is 0 Å². The first-order valence-corrected chi connectivity index (χ1v) is 10.4. The smallest absolute Gasteiger partial charge is 0.306 e. The Labute approximate surface area is 143 Å². The summed E-state index contributed by atoms with van der Waals surface area (Å²) in [7, 11) is 0. The highest BCUT2D eigenvalue weighted by molar-refractivity contribution is 5.69. The van der Waals surface area contributed by atoms with Crippen LogP contribution in [-0.2, 0) is 9.53 Å². The average Bonchev–Trinajstić information content (AvgIpc) is 2.57. The Morgan fingerprint density at radius 2 is 1.57 bits per heavy atom. The van der Waals surface area contributed by atoms with Crippen molar-refractivity contribution in [2.24, 2.45) is 11.8 Å². The van der Waals surface area contributed by atoms with E-state index in [2.05, 4.69) is 13.8 Å². The zero-order valence-electron chi connectivity index (χ0n) is 15.6. The standard InChI is InChI=1S/C21H38O2/c1-3-5-7-12-20(22)23-21(15-4-2)16-13-19(14-17-21)18-10-8-6-9-11-18/h18-19H,3-17H2,1-2H3. The van der Waals surface area contributed by atoms with E-state index < -0.39 is 0 Å². The Morgan fingerprint density at radius 1 is 0.913 bits per heavy atom. The second-order valence-corrected chi connectivity index (χ2v) is 8.10. The Morgan fingerprint density at radius 3 is 2.17 bits per heavy atom. The van der Waals surface area contributed by atoms with Crippen molar-refractivity contribution in [3.63, 3.8) is 0 Å². The van der Waals surface area contributed by atoms with Gasteiger partial charge >= 0.3 is 5.97 Å². The van der Waals surface area contributed by atoms with Gasteiger partial charge in [-0.3, -0.25) is 4.79 Å². The van der Waals surface area contributed by atoms with Crippen LogP contribution in [0.2, 0.25) is 0 Å². The van der Waals surface area contributed by atoms with Crippen LogP contribution in [0.5, 0.6) is 0 Å². The Hall–Kier alpha value is -0.530. The molecule has 0 aromatic heterocycles. The van der Waals surface area contributed by atoms with Crippen LogP contribution in [0.1, 0.15) is 110 Å². The van der Waals surface area contributed by atoms with Crippen molar-refractivity contribution < 1.29 is 9.53 Å². The van der Waals surface area contributed by atoms with Crippen LogP contribution >= 0.6 is 0 Å². The molecule has 0 unspecified atom stereocenters. The lowest BCUT2D eigenvalue weighted by atomic mass is 9.68. The molecule has 2 rings (SSSR count). The maximum absolute atomic E-state index is 12.2. The van der Waals surface area contributed by atoms with Gasteiger partial charge in [-0.1, -0.05) is 65.2 Å². The van der Waals surface area contributed by atoms with Crippen molar-refractivity contribution in [1.82, 2.24) is 0 Å². The highest BCUT2D eigenvalue weighted by Crippen LogP contribution is 2.44. The van der Waals surface area contributed by atoms with E-state index in [0.29, 0.717) is 6.42 Å². The summed E-state index contributed by atoms with van der Waals surface area (Å²) in [6, 6.07) is 0. The fourth-order valence-electron chi connectivity index (χ4n) is 4.91. The zero-order chi connectivity index (χ0) is 16.5. The van der Waals surface area contributed by atoms with Gasteiger partial charge in [-0.05, 0) is 50.4 Å². The molecule has 0 aliphatic heterocycles. The molecule has 0 amide bonds. The first-order valence-electron chi connectivity index (χ1n) is 10.4. The minimum Gasteiger partial charge on any atom is -0.459 e. The molecule has 0 aromatic carbocycles. The van der Waals surface area contributed by atoms with Gasteiger partial charge in [0.15, 0.2) is 0 Å². The van der Waals surface area contributed by atoms with Gasteiger partial charge in [-0.15, -0.1) is 0 Å². The van der Waals surface area contributed by atoms with Crippen molar-refractivity contribution in [1.29, 1.82) is 0 Å². The summed E-state index contributed by atoms with van der Waals surface area (Å²) < 4.78 is 6.06. The molecule has 0 saturated heterocycles. The number of ether oxygens (including phenoxy) is 1. The minimum absolute atomic E-state index is 0.0583. The fraction of sp³-hybridized carbons (Fsp3) is 0.952. The lowest BCUT2D eigenvalue weighted by molar-refractivity contribution is -0.166.